The van der Waals surface area contributed by atoms with Crippen LogP contribution in [0.3, 0.4) is 0 Å². The first-order chi connectivity index (χ1) is 13.2. The molecule has 1 aromatic heterocycles. The Morgan fingerprint density at radius 1 is 1.25 bits per heavy atom. The van der Waals surface area contributed by atoms with E-state index in [1.807, 2.05) is 13.8 Å². The molecule has 152 valence electrons. The minimum Gasteiger partial charge on any atom is -0.495 e. The number of anilines is 1. The van der Waals surface area contributed by atoms with E-state index in [2.05, 4.69) is 15.5 Å². The Morgan fingerprint density at radius 3 is 2.50 bits per heavy atom. The van der Waals surface area contributed by atoms with Crippen LogP contribution in [0.15, 0.2) is 23.1 Å². The number of sulfonamides is 1. The third kappa shape index (κ3) is 4.34. The normalized spacial score (nSPS) is 20.7. The van der Waals surface area contributed by atoms with E-state index in [9.17, 15) is 13.2 Å². The smallest absolute Gasteiger partial charge is 0.257 e. The zero-order valence-corrected chi connectivity index (χ0v) is 17.9. The molecule has 2 aromatic rings. The van der Waals surface area contributed by atoms with E-state index in [0.29, 0.717) is 18.2 Å². The number of rotatable bonds is 5. The van der Waals surface area contributed by atoms with E-state index < -0.39 is 15.9 Å². The van der Waals surface area contributed by atoms with Crippen molar-refractivity contribution < 1.29 is 17.9 Å². The third-order valence-electron chi connectivity index (χ3n) is 4.63. The Kier molecular flexibility index (Phi) is 6.01. The van der Waals surface area contributed by atoms with Crippen LogP contribution in [-0.2, 0) is 10.0 Å². The maximum absolute atomic E-state index is 13.3. The SMILES string of the molecule is COc1ccc(C(=O)Nc2nnc(C)s2)cc1S(=O)(=O)N1C[C@H](C)C[C@H](C)C1. The zero-order valence-electron chi connectivity index (χ0n) is 16.3. The van der Waals surface area contributed by atoms with Crippen LogP contribution in [0.1, 0.15) is 35.6 Å². The molecule has 0 bridgehead atoms. The zero-order chi connectivity index (χ0) is 20.5. The fraction of sp³-hybridized carbons (Fsp3) is 0.500. The molecule has 1 aromatic carbocycles. The first-order valence-corrected chi connectivity index (χ1v) is 11.3. The van der Waals surface area contributed by atoms with Gasteiger partial charge in [-0.1, -0.05) is 25.2 Å². The van der Waals surface area contributed by atoms with Gasteiger partial charge in [-0.2, -0.15) is 4.31 Å². The Labute approximate surface area is 169 Å². The minimum atomic E-state index is -3.79. The third-order valence-corrected chi connectivity index (χ3v) is 7.23. The van der Waals surface area contributed by atoms with Crippen molar-refractivity contribution in [2.75, 3.05) is 25.5 Å². The Balaban J connectivity index is 1.93. The Bertz CT molecular complexity index is 964. The van der Waals surface area contributed by atoms with Gasteiger partial charge in [0.15, 0.2) is 0 Å². The van der Waals surface area contributed by atoms with E-state index in [-0.39, 0.29) is 28.0 Å². The summed E-state index contributed by atoms with van der Waals surface area (Å²) in [4.78, 5) is 12.6. The lowest BCUT2D eigenvalue weighted by atomic mass is 9.94. The van der Waals surface area contributed by atoms with E-state index in [1.54, 1.807) is 6.92 Å². The molecule has 10 heteroatoms. The highest BCUT2D eigenvalue weighted by Crippen LogP contribution is 2.32. The fourth-order valence-corrected chi connectivity index (χ4v) is 5.92. The van der Waals surface area contributed by atoms with Crippen molar-refractivity contribution in [1.29, 1.82) is 0 Å². The molecule has 2 heterocycles. The average Bonchev–Trinajstić information content (AvgIpc) is 3.05. The molecule has 0 aliphatic carbocycles. The van der Waals surface area contributed by atoms with Crippen molar-refractivity contribution in [1.82, 2.24) is 14.5 Å². The molecule has 0 spiro atoms. The first-order valence-electron chi connectivity index (χ1n) is 9.00. The van der Waals surface area contributed by atoms with Crippen molar-refractivity contribution in [2.45, 2.75) is 32.1 Å². The number of methoxy groups -OCH3 is 1. The maximum atomic E-state index is 13.3. The number of ether oxygens (including phenoxy) is 1. The molecule has 28 heavy (non-hydrogen) atoms. The molecular formula is C18H24N4O4S2. The summed E-state index contributed by atoms with van der Waals surface area (Å²) in [5, 5.41) is 11.4. The van der Waals surface area contributed by atoms with E-state index in [0.717, 1.165) is 11.4 Å². The number of benzene rings is 1. The van der Waals surface area contributed by atoms with E-state index in [4.69, 9.17) is 4.74 Å². The molecular weight excluding hydrogens is 400 g/mol. The molecule has 1 saturated heterocycles. The number of hydrogen-bond acceptors (Lipinski definition) is 7. The number of carbonyl (C=O) groups is 1. The number of amides is 1. The van der Waals surface area contributed by atoms with Gasteiger partial charge in [0.1, 0.15) is 15.7 Å². The maximum Gasteiger partial charge on any atom is 0.257 e. The van der Waals surface area contributed by atoms with Crippen molar-refractivity contribution in [3.63, 3.8) is 0 Å². The topological polar surface area (TPSA) is 101 Å². The summed E-state index contributed by atoms with van der Waals surface area (Å²) in [5.41, 5.74) is 0.213. The number of carbonyl (C=O) groups excluding carboxylic acids is 1. The second-order valence-corrected chi connectivity index (χ2v) is 10.3. The van der Waals surface area contributed by atoms with Crippen LogP contribution in [0, 0.1) is 18.8 Å². The van der Waals surface area contributed by atoms with Gasteiger partial charge >= 0.3 is 0 Å². The average molecular weight is 425 g/mol. The van der Waals surface area contributed by atoms with Gasteiger partial charge in [0.25, 0.3) is 5.91 Å². The summed E-state index contributed by atoms with van der Waals surface area (Å²) in [6.45, 7) is 6.78. The number of nitrogens with zero attached hydrogens (tertiary/aromatic N) is 3. The van der Waals surface area contributed by atoms with Gasteiger partial charge in [-0.05, 0) is 43.4 Å². The van der Waals surface area contributed by atoms with Crippen molar-refractivity contribution in [3.8, 4) is 5.75 Å². The summed E-state index contributed by atoms with van der Waals surface area (Å²) in [7, 11) is -2.38. The summed E-state index contributed by atoms with van der Waals surface area (Å²) in [5.74, 6) is 0.318. The number of aryl methyl sites for hydroxylation is 1. The molecule has 2 atom stereocenters. The summed E-state index contributed by atoms with van der Waals surface area (Å²) >= 11 is 1.25. The monoisotopic (exact) mass is 424 g/mol. The number of hydrogen-bond donors (Lipinski definition) is 1. The van der Waals surface area contributed by atoms with Gasteiger partial charge in [-0.25, -0.2) is 8.42 Å². The van der Waals surface area contributed by atoms with Gasteiger partial charge in [-0.3, -0.25) is 10.1 Å². The molecule has 1 aliphatic rings. The predicted molar refractivity (Wildman–Crippen MR) is 107 cm³/mol. The highest BCUT2D eigenvalue weighted by molar-refractivity contribution is 7.89. The highest BCUT2D eigenvalue weighted by Gasteiger charge is 2.34. The quantitative estimate of drug-likeness (QED) is 0.792. The molecule has 8 nitrogen and oxygen atoms in total. The standard InChI is InChI=1S/C18H24N4O4S2/c1-11-7-12(2)10-22(9-11)28(24,25)16-8-14(5-6-15(16)26-4)17(23)19-18-21-20-13(3)27-18/h5-6,8,11-12H,7,9-10H2,1-4H3,(H,19,21,23)/t11-,12+. The lowest BCUT2D eigenvalue weighted by Gasteiger charge is -2.34. The van der Waals surface area contributed by atoms with Gasteiger partial charge in [0, 0.05) is 18.7 Å². The van der Waals surface area contributed by atoms with Crippen molar-refractivity contribution in [3.05, 3.63) is 28.8 Å². The van der Waals surface area contributed by atoms with Crippen LogP contribution in [0.25, 0.3) is 0 Å². The number of piperidine rings is 1. The van der Waals surface area contributed by atoms with Crippen LogP contribution >= 0.6 is 11.3 Å². The summed E-state index contributed by atoms with van der Waals surface area (Å²) in [6.07, 6.45) is 0.993. The first kappa shape index (κ1) is 20.7. The van der Waals surface area contributed by atoms with Gasteiger partial charge < -0.3 is 4.74 Å². The molecule has 1 N–H and O–H groups in total. The van der Waals surface area contributed by atoms with Crippen LogP contribution in [-0.4, -0.2) is 49.0 Å². The minimum absolute atomic E-state index is 0.00241. The Morgan fingerprint density at radius 2 is 1.93 bits per heavy atom. The molecule has 0 saturated carbocycles. The number of aromatic nitrogens is 2. The lowest BCUT2D eigenvalue weighted by molar-refractivity contribution is 0.102. The van der Waals surface area contributed by atoms with Gasteiger partial charge in [0.05, 0.1) is 7.11 Å². The Hall–Kier alpha value is -2.04. The molecule has 1 fully saturated rings. The molecule has 1 aliphatic heterocycles. The van der Waals surface area contributed by atoms with E-state index >= 15 is 0 Å². The summed E-state index contributed by atoms with van der Waals surface area (Å²) in [6, 6.07) is 4.40. The highest BCUT2D eigenvalue weighted by atomic mass is 32.2. The van der Waals surface area contributed by atoms with Crippen molar-refractivity contribution in [2.24, 2.45) is 11.8 Å². The molecule has 0 radical (unpaired) electrons. The summed E-state index contributed by atoms with van der Waals surface area (Å²) < 4.78 is 33.3. The van der Waals surface area contributed by atoms with Crippen LogP contribution in [0.5, 0.6) is 5.75 Å². The second-order valence-electron chi connectivity index (χ2n) is 7.21. The van der Waals surface area contributed by atoms with Crippen molar-refractivity contribution >= 4 is 32.4 Å². The fourth-order valence-electron chi connectivity index (χ4n) is 3.48. The predicted octanol–water partition coefficient (Wildman–Crippen LogP) is 2.77. The van der Waals surface area contributed by atoms with Crippen LogP contribution < -0.4 is 10.1 Å². The van der Waals surface area contributed by atoms with Crippen LogP contribution in [0.2, 0.25) is 0 Å². The van der Waals surface area contributed by atoms with Crippen LogP contribution in [0.4, 0.5) is 5.13 Å². The molecule has 3 rings (SSSR count). The molecule has 1 amide bonds. The largest absolute Gasteiger partial charge is 0.495 e. The van der Waals surface area contributed by atoms with Gasteiger partial charge in [-0.15, -0.1) is 10.2 Å². The van der Waals surface area contributed by atoms with E-state index in [1.165, 1.54) is 41.0 Å². The second kappa shape index (κ2) is 8.14. The number of nitrogens with one attached hydrogen (secondary N) is 1. The molecule has 0 unspecified atom stereocenters. The van der Waals surface area contributed by atoms with Gasteiger partial charge in [0.2, 0.25) is 15.2 Å². The lowest BCUT2D eigenvalue weighted by Crippen LogP contribution is -2.42.